The van der Waals surface area contributed by atoms with Gasteiger partial charge in [0, 0.05) is 37.6 Å². The van der Waals surface area contributed by atoms with Crippen molar-refractivity contribution in [3.05, 3.63) is 66.0 Å². The molecule has 5 heteroatoms. The summed E-state index contributed by atoms with van der Waals surface area (Å²) in [6.45, 7) is 6.60. The first kappa shape index (κ1) is 18.2. The first-order valence-electron chi connectivity index (χ1n) is 9.35. The number of carbonyl (C=O) groups excluding carboxylic acids is 1. The number of aromatic nitrogens is 3. The molecule has 0 unspecified atom stereocenters. The van der Waals surface area contributed by atoms with Gasteiger partial charge in [0.05, 0.1) is 11.0 Å². The normalized spacial score (nSPS) is 11.9. The molecule has 0 atom stereocenters. The summed E-state index contributed by atoms with van der Waals surface area (Å²) in [4.78, 5) is 23.4. The maximum atomic E-state index is 12.4. The zero-order valence-corrected chi connectivity index (χ0v) is 16.9. The topological polar surface area (TPSA) is 50.5 Å². The maximum Gasteiger partial charge on any atom is 0.253 e. The summed E-state index contributed by atoms with van der Waals surface area (Å²) in [6.07, 6.45) is 3.71. The van der Waals surface area contributed by atoms with E-state index >= 15 is 0 Å². The summed E-state index contributed by atoms with van der Waals surface area (Å²) in [7, 11) is 3.50. The number of nitrogens with zero attached hydrogens (tertiary/aromatic N) is 4. The smallest absolute Gasteiger partial charge is 0.253 e. The van der Waals surface area contributed by atoms with Gasteiger partial charge in [-0.2, -0.15) is 0 Å². The Bertz CT molecular complexity index is 1180. The molecule has 1 amide bonds. The van der Waals surface area contributed by atoms with Crippen molar-refractivity contribution in [2.24, 2.45) is 0 Å². The first-order valence-corrected chi connectivity index (χ1v) is 9.35. The van der Waals surface area contributed by atoms with Gasteiger partial charge in [0.25, 0.3) is 5.91 Å². The van der Waals surface area contributed by atoms with Gasteiger partial charge < -0.3 is 4.90 Å². The summed E-state index contributed by atoms with van der Waals surface area (Å²) in [5.74, 6) is -0.0366. The Morgan fingerprint density at radius 2 is 1.75 bits per heavy atom. The molecule has 142 valence electrons. The zero-order chi connectivity index (χ0) is 20.1. The van der Waals surface area contributed by atoms with Crippen molar-refractivity contribution in [1.29, 1.82) is 0 Å². The van der Waals surface area contributed by atoms with Gasteiger partial charge in [0.2, 0.25) is 0 Å². The predicted octanol–water partition coefficient (Wildman–Crippen LogP) is 4.55. The highest BCUT2D eigenvalue weighted by Crippen LogP contribution is 2.29. The summed E-state index contributed by atoms with van der Waals surface area (Å²) in [5.41, 5.74) is 6.32. The van der Waals surface area contributed by atoms with Gasteiger partial charge in [-0.05, 0) is 29.2 Å². The molecule has 2 aromatic heterocycles. The second kappa shape index (κ2) is 6.44. The standard InChI is InChI=1S/C23H24N4O/c1-23(2,3)17-9-6-15(7-10-17)20-21-24-12-13-27(21)19-11-8-16(14-18(19)25-20)22(28)26(4)5/h6-14H,1-5H3. The minimum atomic E-state index is -0.0366. The predicted molar refractivity (Wildman–Crippen MR) is 113 cm³/mol. The largest absolute Gasteiger partial charge is 0.345 e. The van der Waals surface area contributed by atoms with Crippen molar-refractivity contribution in [2.75, 3.05) is 14.1 Å². The molecular formula is C23H24N4O. The lowest BCUT2D eigenvalue weighted by Crippen LogP contribution is -2.21. The highest BCUT2D eigenvalue weighted by Gasteiger charge is 2.16. The van der Waals surface area contributed by atoms with E-state index in [-0.39, 0.29) is 11.3 Å². The number of rotatable bonds is 2. The fourth-order valence-electron chi connectivity index (χ4n) is 3.37. The molecule has 2 heterocycles. The SMILES string of the molecule is CN(C)C(=O)c1ccc2c(c1)nc(-c1ccc(C(C)(C)C)cc1)c1nccn12. The van der Waals surface area contributed by atoms with Crippen LogP contribution >= 0.6 is 0 Å². The molecule has 0 N–H and O–H groups in total. The number of imidazole rings is 1. The molecule has 2 aromatic carbocycles. The lowest BCUT2D eigenvalue weighted by atomic mass is 9.86. The highest BCUT2D eigenvalue weighted by atomic mass is 16.2. The Labute approximate surface area is 164 Å². The molecule has 0 aliphatic carbocycles. The fourth-order valence-corrected chi connectivity index (χ4v) is 3.37. The van der Waals surface area contributed by atoms with E-state index in [1.54, 1.807) is 25.2 Å². The lowest BCUT2D eigenvalue weighted by Gasteiger charge is -2.19. The molecule has 0 aliphatic heterocycles. The Morgan fingerprint density at radius 1 is 1.04 bits per heavy atom. The monoisotopic (exact) mass is 372 g/mol. The van der Waals surface area contributed by atoms with Crippen LogP contribution in [0.25, 0.3) is 27.9 Å². The van der Waals surface area contributed by atoms with E-state index in [1.165, 1.54) is 5.56 Å². The van der Waals surface area contributed by atoms with Gasteiger partial charge in [0.15, 0.2) is 5.65 Å². The number of fused-ring (bicyclic) bond motifs is 3. The summed E-state index contributed by atoms with van der Waals surface area (Å²) in [6, 6.07) is 14.1. The van der Waals surface area contributed by atoms with Gasteiger partial charge in [0.1, 0.15) is 5.69 Å². The molecule has 4 aromatic rings. The van der Waals surface area contributed by atoms with E-state index < -0.39 is 0 Å². The van der Waals surface area contributed by atoms with Crippen LogP contribution in [0.3, 0.4) is 0 Å². The molecule has 0 bridgehead atoms. The number of carbonyl (C=O) groups is 1. The van der Waals surface area contributed by atoms with Gasteiger partial charge in [-0.25, -0.2) is 9.97 Å². The number of hydrogen-bond donors (Lipinski definition) is 0. The van der Waals surface area contributed by atoms with Crippen LogP contribution in [-0.2, 0) is 5.41 Å². The fraction of sp³-hybridized carbons (Fsp3) is 0.261. The molecule has 0 fully saturated rings. The number of amides is 1. The van der Waals surface area contributed by atoms with Gasteiger partial charge in [-0.15, -0.1) is 0 Å². The minimum Gasteiger partial charge on any atom is -0.345 e. The second-order valence-corrected chi connectivity index (χ2v) is 8.31. The third-order valence-corrected chi connectivity index (χ3v) is 5.00. The van der Waals surface area contributed by atoms with Crippen molar-refractivity contribution in [1.82, 2.24) is 19.3 Å². The average molecular weight is 372 g/mol. The highest BCUT2D eigenvalue weighted by molar-refractivity contribution is 5.98. The van der Waals surface area contributed by atoms with Crippen LogP contribution in [0.15, 0.2) is 54.9 Å². The Balaban J connectivity index is 1.92. The first-order chi connectivity index (χ1) is 13.3. The molecule has 0 radical (unpaired) electrons. The Kier molecular flexibility index (Phi) is 4.18. The molecule has 0 saturated heterocycles. The second-order valence-electron chi connectivity index (χ2n) is 8.31. The van der Waals surface area contributed by atoms with E-state index in [4.69, 9.17) is 4.98 Å². The number of hydrogen-bond acceptors (Lipinski definition) is 3. The van der Waals surface area contributed by atoms with Crippen molar-refractivity contribution < 1.29 is 4.79 Å². The van der Waals surface area contributed by atoms with Crippen molar-refractivity contribution in [2.45, 2.75) is 26.2 Å². The Hall–Kier alpha value is -3.21. The molecule has 4 rings (SSSR count). The van der Waals surface area contributed by atoms with Crippen LogP contribution in [0.2, 0.25) is 0 Å². The Morgan fingerprint density at radius 3 is 2.39 bits per heavy atom. The van der Waals surface area contributed by atoms with E-state index in [0.29, 0.717) is 5.56 Å². The van der Waals surface area contributed by atoms with Crippen LogP contribution < -0.4 is 0 Å². The van der Waals surface area contributed by atoms with Crippen LogP contribution in [0.5, 0.6) is 0 Å². The van der Waals surface area contributed by atoms with Crippen LogP contribution in [0, 0.1) is 0 Å². The van der Waals surface area contributed by atoms with Gasteiger partial charge in [-0.1, -0.05) is 45.0 Å². The van der Waals surface area contributed by atoms with Crippen LogP contribution in [-0.4, -0.2) is 39.3 Å². The van der Waals surface area contributed by atoms with E-state index in [0.717, 1.165) is 27.9 Å². The van der Waals surface area contributed by atoms with Crippen LogP contribution in [0.1, 0.15) is 36.7 Å². The molecule has 0 aliphatic rings. The summed E-state index contributed by atoms with van der Waals surface area (Å²) >= 11 is 0. The van der Waals surface area contributed by atoms with E-state index in [1.807, 2.05) is 28.8 Å². The van der Waals surface area contributed by atoms with Gasteiger partial charge >= 0.3 is 0 Å². The van der Waals surface area contributed by atoms with Gasteiger partial charge in [-0.3, -0.25) is 9.20 Å². The maximum absolute atomic E-state index is 12.4. The molecule has 0 spiro atoms. The van der Waals surface area contributed by atoms with E-state index in [9.17, 15) is 4.79 Å². The molecular weight excluding hydrogens is 348 g/mol. The minimum absolute atomic E-state index is 0.0366. The summed E-state index contributed by atoms with van der Waals surface area (Å²) < 4.78 is 2.03. The third kappa shape index (κ3) is 3.03. The average Bonchev–Trinajstić information content (AvgIpc) is 3.15. The molecule has 28 heavy (non-hydrogen) atoms. The quantitative estimate of drug-likeness (QED) is 0.519. The third-order valence-electron chi connectivity index (χ3n) is 5.00. The summed E-state index contributed by atoms with van der Waals surface area (Å²) in [5, 5.41) is 0. The lowest BCUT2D eigenvalue weighted by molar-refractivity contribution is 0.0827. The molecule has 5 nitrogen and oxygen atoms in total. The van der Waals surface area contributed by atoms with Crippen molar-refractivity contribution >= 4 is 22.6 Å². The number of benzene rings is 2. The van der Waals surface area contributed by atoms with Crippen molar-refractivity contribution in [3.63, 3.8) is 0 Å². The van der Waals surface area contributed by atoms with Crippen LogP contribution in [0.4, 0.5) is 0 Å². The van der Waals surface area contributed by atoms with Crippen molar-refractivity contribution in [3.8, 4) is 11.3 Å². The van der Waals surface area contributed by atoms with E-state index in [2.05, 4.69) is 50.0 Å². The molecule has 0 saturated carbocycles. The zero-order valence-electron chi connectivity index (χ0n) is 16.9.